The van der Waals surface area contributed by atoms with Gasteiger partial charge in [-0.3, -0.25) is 0 Å². The number of aliphatic hydroxyl groups excluding tert-OH is 2. The predicted molar refractivity (Wildman–Crippen MR) is 147 cm³/mol. The molecule has 0 amide bonds. The van der Waals surface area contributed by atoms with Gasteiger partial charge in [0.2, 0.25) is 0 Å². The van der Waals surface area contributed by atoms with Crippen molar-refractivity contribution >= 4 is 0 Å². The molecule has 6 atom stereocenters. The molecule has 3 aliphatic rings. The first-order chi connectivity index (χ1) is 17.0. The molecule has 0 unspecified atom stereocenters. The van der Waals surface area contributed by atoms with E-state index in [4.69, 9.17) is 0 Å². The maximum atomic E-state index is 10.6. The molecule has 0 bridgehead atoms. The molecule has 0 heterocycles. The lowest BCUT2D eigenvalue weighted by molar-refractivity contribution is 0.0143. The molecular formula is C33H44O3. The van der Waals surface area contributed by atoms with Crippen LogP contribution in [0.15, 0.2) is 59.7 Å². The molecule has 36 heavy (non-hydrogen) atoms. The van der Waals surface area contributed by atoms with E-state index >= 15 is 0 Å². The average Bonchev–Trinajstić information content (AvgIpc) is 2.82. The Morgan fingerprint density at radius 2 is 1.89 bits per heavy atom. The van der Waals surface area contributed by atoms with Gasteiger partial charge in [0.25, 0.3) is 0 Å². The van der Waals surface area contributed by atoms with Gasteiger partial charge in [-0.25, -0.2) is 0 Å². The normalized spacial score (nSPS) is 34.1. The van der Waals surface area contributed by atoms with E-state index in [1.165, 1.54) is 37.7 Å². The standard InChI is InChI=1S/C33H44O3/c1-22(15-16-24-10-6-7-12-29(24)32(3,4)36)28-13-8-14-30-25(11-9-19-33(28,30)5)17-18-26-20-27(34)21-31(35)23(26)2/h6-7,10,12,17-18,22,27-28,30-31,34-36H,2,8-9,11,13-14,19-21H2,1,3-5H3/b25-17+,26-18-/t22-,27-,28-,30+,31+,33-/m1/s1. The van der Waals surface area contributed by atoms with Gasteiger partial charge in [-0.05, 0) is 92.4 Å². The lowest BCUT2D eigenvalue weighted by Crippen LogP contribution is -2.44. The second-order valence-corrected chi connectivity index (χ2v) is 12.2. The lowest BCUT2D eigenvalue weighted by Gasteiger charge is -2.53. The Kier molecular flexibility index (Phi) is 8.01. The molecule has 4 rings (SSSR count). The van der Waals surface area contributed by atoms with Crippen LogP contribution in [0.5, 0.6) is 0 Å². The zero-order valence-electron chi connectivity index (χ0n) is 22.6. The SMILES string of the molecule is C=C1/C(=C\C=C2/CCC[C@]3(C)[C@@H]([C@H](C)C#Cc4ccccc4C(C)(C)O)CCC[C@@H]23)C[C@@H](O)C[C@@H]1O. The van der Waals surface area contributed by atoms with Crippen LogP contribution in [0, 0.1) is 35.0 Å². The maximum absolute atomic E-state index is 10.6. The topological polar surface area (TPSA) is 60.7 Å². The van der Waals surface area contributed by atoms with E-state index in [2.05, 4.69) is 44.4 Å². The Balaban J connectivity index is 1.58. The van der Waals surface area contributed by atoms with Crippen molar-refractivity contribution in [1.82, 2.24) is 0 Å². The number of rotatable bonds is 3. The number of benzene rings is 1. The number of aliphatic hydroxyl groups is 3. The van der Waals surface area contributed by atoms with Crippen LogP contribution in [0.25, 0.3) is 0 Å². The largest absolute Gasteiger partial charge is 0.393 e. The first-order valence-electron chi connectivity index (χ1n) is 13.8. The molecule has 194 valence electrons. The molecule has 3 nitrogen and oxygen atoms in total. The van der Waals surface area contributed by atoms with Gasteiger partial charge in [0.15, 0.2) is 0 Å². The van der Waals surface area contributed by atoms with Gasteiger partial charge in [-0.15, -0.1) is 0 Å². The zero-order valence-corrected chi connectivity index (χ0v) is 22.6. The van der Waals surface area contributed by atoms with E-state index in [9.17, 15) is 15.3 Å². The van der Waals surface area contributed by atoms with Crippen molar-refractivity contribution in [2.24, 2.45) is 23.2 Å². The highest BCUT2D eigenvalue weighted by Gasteiger charge is 2.48. The van der Waals surface area contributed by atoms with Crippen LogP contribution >= 0.6 is 0 Å². The van der Waals surface area contributed by atoms with Crippen LogP contribution in [-0.2, 0) is 5.60 Å². The molecular weight excluding hydrogens is 444 g/mol. The molecule has 3 saturated carbocycles. The molecule has 0 radical (unpaired) electrons. The quantitative estimate of drug-likeness (QED) is 0.430. The average molecular weight is 489 g/mol. The molecule has 0 spiro atoms. The van der Waals surface area contributed by atoms with E-state index in [1.54, 1.807) is 0 Å². The predicted octanol–water partition coefficient (Wildman–Crippen LogP) is 6.43. The van der Waals surface area contributed by atoms with Crippen molar-refractivity contribution in [2.45, 2.75) is 96.9 Å². The molecule has 3 aliphatic carbocycles. The highest BCUT2D eigenvalue weighted by atomic mass is 16.3. The summed E-state index contributed by atoms with van der Waals surface area (Å²) in [5.41, 5.74) is 4.36. The monoisotopic (exact) mass is 488 g/mol. The Morgan fingerprint density at radius 1 is 1.14 bits per heavy atom. The van der Waals surface area contributed by atoms with Crippen molar-refractivity contribution in [1.29, 1.82) is 0 Å². The fourth-order valence-electron chi connectivity index (χ4n) is 7.18. The summed E-state index contributed by atoms with van der Waals surface area (Å²) in [5, 5.41) is 30.9. The molecule has 0 aliphatic heterocycles. The maximum Gasteiger partial charge on any atom is 0.0852 e. The van der Waals surface area contributed by atoms with E-state index < -0.39 is 17.8 Å². The van der Waals surface area contributed by atoms with E-state index in [0.717, 1.165) is 28.7 Å². The number of allylic oxidation sites excluding steroid dienone is 3. The van der Waals surface area contributed by atoms with Gasteiger partial charge in [0.05, 0.1) is 17.8 Å². The first kappa shape index (κ1) is 26.9. The second-order valence-electron chi connectivity index (χ2n) is 12.2. The van der Waals surface area contributed by atoms with E-state index in [1.807, 2.05) is 38.1 Å². The van der Waals surface area contributed by atoms with Crippen LogP contribution in [0.3, 0.4) is 0 Å². The smallest absolute Gasteiger partial charge is 0.0852 e. The fourth-order valence-corrected chi connectivity index (χ4v) is 7.18. The van der Waals surface area contributed by atoms with Crippen molar-refractivity contribution in [2.75, 3.05) is 0 Å². The number of fused-ring (bicyclic) bond motifs is 1. The molecule has 3 heteroatoms. The highest BCUT2D eigenvalue weighted by molar-refractivity contribution is 5.44. The summed E-state index contributed by atoms with van der Waals surface area (Å²) in [6, 6.07) is 7.94. The van der Waals surface area contributed by atoms with Crippen molar-refractivity contribution < 1.29 is 15.3 Å². The summed E-state index contributed by atoms with van der Waals surface area (Å²) in [6.45, 7) is 12.5. The Labute approximate surface area is 218 Å². The van der Waals surface area contributed by atoms with Crippen LogP contribution in [0.2, 0.25) is 0 Å². The molecule has 3 N–H and O–H groups in total. The third kappa shape index (κ3) is 5.57. The molecule has 1 aromatic rings. The van der Waals surface area contributed by atoms with Gasteiger partial charge in [-0.1, -0.05) is 74.6 Å². The van der Waals surface area contributed by atoms with E-state index in [-0.39, 0.29) is 11.3 Å². The Morgan fingerprint density at radius 3 is 2.64 bits per heavy atom. The third-order valence-corrected chi connectivity index (χ3v) is 9.17. The van der Waals surface area contributed by atoms with Crippen LogP contribution in [0.1, 0.15) is 90.2 Å². The summed E-state index contributed by atoms with van der Waals surface area (Å²) >= 11 is 0. The van der Waals surface area contributed by atoms with Crippen LogP contribution < -0.4 is 0 Å². The van der Waals surface area contributed by atoms with Crippen molar-refractivity contribution in [3.63, 3.8) is 0 Å². The molecule has 0 saturated heterocycles. The highest BCUT2D eigenvalue weighted by Crippen LogP contribution is 2.57. The summed E-state index contributed by atoms with van der Waals surface area (Å²) in [4.78, 5) is 0. The minimum absolute atomic E-state index is 0.216. The van der Waals surface area contributed by atoms with Gasteiger partial charge >= 0.3 is 0 Å². The van der Waals surface area contributed by atoms with Crippen LogP contribution in [0.4, 0.5) is 0 Å². The van der Waals surface area contributed by atoms with E-state index in [0.29, 0.717) is 24.7 Å². The summed E-state index contributed by atoms with van der Waals surface area (Å²) in [6.07, 6.45) is 11.4. The minimum Gasteiger partial charge on any atom is -0.393 e. The first-order valence-corrected chi connectivity index (χ1v) is 13.8. The third-order valence-electron chi connectivity index (χ3n) is 9.17. The summed E-state index contributed by atoms with van der Waals surface area (Å²) < 4.78 is 0. The summed E-state index contributed by atoms with van der Waals surface area (Å²) in [5.74, 6) is 8.37. The second kappa shape index (κ2) is 10.7. The fraction of sp³-hybridized carbons (Fsp3) is 0.576. The molecule has 0 aromatic heterocycles. The Bertz CT molecular complexity index is 1090. The number of hydrogen-bond acceptors (Lipinski definition) is 3. The zero-order chi connectivity index (χ0) is 26.1. The van der Waals surface area contributed by atoms with Crippen molar-refractivity contribution in [3.05, 3.63) is 70.8 Å². The van der Waals surface area contributed by atoms with Gasteiger partial charge in [-0.2, -0.15) is 0 Å². The molecule has 1 aromatic carbocycles. The summed E-state index contributed by atoms with van der Waals surface area (Å²) in [7, 11) is 0. The van der Waals surface area contributed by atoms with Crippen LogP contribution in [-0.4, -0.2) is 27.5 Å². The van der Waals surface area contributed by atoms with Gasteiger partial charge in [0, 0.05) is 17.9 Å². The van der Waals surface area contributed by atoms with Gasteiger partial charge in [0.1, 0.15) is 0 Å². The Hall–Kier alpha value is -2.12. The molecule has 3 fully saturated rings. The van der Waals surface area contributed by atoms with Gasteiger partial charge < -0.3 is 15.3 Å². The number of hydrogen-bond donors (Lipinski definition) is 3. The lowest BCUT2D eigenvalue weighted by atomic mass is 9.52. The van der Waals surface area contributed by atoms with Crippen molar-refractivity contribution in [3.8, 4) is 11.8 Å². The minimum atomic E-state index is -0.913.